The van der Waals surface area contributed by atoms with Gasteiger partial charge in [-0.3, -0.25) is 9.78 Å². The molecule has 110 valence electrons. The fourth-order valence-electron chi connectivity index (χ4n) is 1.99. The van der Waals surface area contributed by atoms with E-state index in [1.54, 1.807) is 30.7 Å². The number of hydrogen-bond acceptors (Lipinski definition) is 5. The normalized spacial score (nSPS) is 10.1. The largest absolute Gasteiger partial charge is 0.376 e. The van der Waals surface area contributed by atoms with E-state index in [1.165, 1.54) is 0 Å². The summed E-state index contributed by atoms with van der Waals surface area (Å²) in [7, 11) is 7.55. The minimum absolute atomic E-state index is 0.206. The molecule has 0 radical (unpaired) electrons. The number of carbonyl (C=O) groups excluding carboxylic acids is 1. The highest BCUT2D eigenvalue weighted by molar-refractivity contribution is 6.08. The summed E-state index contributed by atoms with van der Waals surface area (Å²) >= 11 is 0. The summed E-state index contributed by atoms with van der Waals surface area (Å²) in [5, 5.41) is 2.89. The second-order valence-corrected chi connectivity index (χ2v) is 5.01. The Hall–Kier alpha value is -2.63. The summed E-state index contributed by atoms with van der Waals surface area (Å²) in [6.45, 7) is 0. The Morgan fingerprint density at radius 1 is 1.10 bits per heavy atom. The zero-order valence-corrected chi connectivity index (χ0v) is 12.7. The van der Waals surface area contributed by atoms with Gasteiger partial charge in [-0.15, -0.1) is 0 Å². The van der Waals surface area contributed by atoms with Crippen molar-refractivity contribution in [1.82, 2.24) is 9.97 Å². The average molecular weight is 285 g/mol. The number of pyridine rings is 2. The van der Waals surface area contributed by atoms with Crippen molar-refractivity contribution >= 4 is 23.1 Å². The number of amides is 1. The molecule has 0 spiro atoms. The number of nitrogens with one attached hydrogen (secondary N) is 1. The molecule has 2 rings (SSSR count). The molecule has 0 unspecified atom stereocenters. The molecule has 2 aromatic rings. The summed E-state index contributed by atoms with van der Waals surface area (Å²) in [5.74, 6) is 0.424. The van der Waals surface area contributed by atoms with E-state index in [9.17, 15) is 4.79 Å². The number of hydrogen-bond donors (Lipinski definition) is 1. The van der Waals surface area contributed by atoms with E-state index in [4.69, 9.17) is 0 Å². The fraction of sp³-hybridized carbons (Fsp3) is 0.267. The zero-order valence-electron chi connectivity index (χ0n) is 12.7. The highest BCUT2D eigenvalue weighted by Gasteiger charge is 2.15. The van der Waals surface area contributed by atoms with Gasteiger partial charge in [-0.1, -0.05) is 0 Å². The molecule has 0 fully saturated rings. The minimum Gasteiger partial charge on any atom is -0.376 e. The molecule has 21 heavy (non-hydrogen) atoms. The lowest BCUT2D eigenvalue weighted by Crippen LogP contribution is -2.21. The standard InChI is InChI=1S/C15H19N5O/c1-19(2)13-7-9-16-10-12(13)18-15(21)11-6-5-8-17-14(11)20(3)4/h5-10H,1-4H3,(H,18,21). The molecule has 2 aromatic heterocycles. The predicted octanol–water partition coefficient (Wildman–Crippen LogP) is 1.86. The number of carbonyl (C=O) groups is 1. The first-order chi connectivity index (χ1) is 10.0. The molecule has 6 nitrogen and oxygen atoms in total. The van der Waals surface area contributed by atoms with Crippen LogP contribution in [-0.2, 0) is 0 Å². The zero-order chi connectivity index (χ0) is 15.4. The van der Waals surface area contributed by atoms with Crippen LogP contribution in [0.15, 0.2) is 36.8 Å². The Morgan fingerprint density at radius 2 is 1.86 bits per heavy atom. The Balaban J connectivity index is 2.31. The van der Waals surface area contributed by atoms with Gasteiger partial charge in [0.15, 0.2) is 0 Å². The summed E-state index contributed by atoms with van der Waals surface area (Å²) in [6.07, 6.45) is 5.00. The third-order valence-corrected chi connectivity index (χ3v) is 2.98. The molecule has 1 N–H and O–H groups in total. The number of nitrogens with zero attached hydrogens (tertiary/aromatic N) is 4. The second kappa shape index (κ2) is 6.21. The molecule has 1 amide bonds. The SMILES string of the molecule is CN(C)c1ccncc1NC(=O)c1cccnc1N(C)C. The van der Waals surface area contributed by atoms with Crippen molar-refractivity contribution in [3.05, 3.63) is 42.4 Å². The van der Waals surface area contributed by atoms with Crippen LogP contribution in [0.5, 0.6) is 0 Å². The van der Waals surface area contributed by atoms with Gasteiger partial charge in [-0.05, 0) is 18.2 Å². The molecular formula is C15H19N5O. The molecule has 0 aromatic carbocycles. The van der Waals surface area contributed by atoms with Crippen LogP contribution >= 0.6 is 0 Å². The van der Waals surface area contributed by atoms with Crippen LogP contribution in [0.25, 0.3) is 0 Å². The fourth-order valence-corrected chi connectivity index (χ4v) is 1.99. The summed E-state index contributed by atoms with van der Waals surface area (Å²) < 4.78 is 0. The van der Waals surface area contributed by atoms with E-state index in [1.807, 2.05) is 44.1 Å². The van der Waals surface area contributed by atoms with E-state index in [0.29, 0.717) is 17.1 Å². The number of rotatable bonds is 4. The van der Waals surface area contributed by atoms with Gasteiger partial charge in [-0.25, -0.2) is 4.98 Å². The molecule has 6 heteroatoms. The van der Waals surface area contributed by atoms with E-state index in [0.717, 1.165) is 5.69 Å². The van der Waals surface area contributed by atoms with Crippen molar-refractivity contribution in [2.75, 3.05) is 43.3 Å². The summed E-state index contributed by atoms with van der Waals surface area (Å²) in [4.78, 5) is 24.5. The van der Waals surface area contributed by atoms with Gasteiger partial charge in [0, 0.05) is 40.6 Å². The predicted molar refractivity (Wildman–Crippen MR) is 85.1 cm³/mol. The quantitative estimate of drug-likeness (QED) is 0.929. The van der Waals surface area contributed by atoms with Crippen LogP contribution in [-0.4, -0.2) is 44.1 Å². The molecule has 0 aliphatic carbocycles. The Bertz CT molecular complexity index is 639. The topological polar surface area (TPSA) is 61.4 Å². The maximum atomic E-state index is 12.5. The van der Waals surface area contributed by atoms with Crippen molar-refractivity contribution in [3.8, 4) is 0 Å². The first-order valence-corrected chi connectivity index (χ1v) is 6.55. The van der Waals surface area contributed by atoms with Gasteiger partial charge >= 0.3 is 0 Å². The van der Waals surface area contributed by atoms with E-state index >= 15 is 0 Å². The van der Waals surface area contributed by atoms with Gasteiger partial charge in [0.1, 0.15) is 5.82 Å². The van der Waals surface area contributed by atoms with E-state index in [-0.39, 0.29) is 5.91 Å². The Kier molecular flexibility index (Phi) is 4.37. The van der Waals surface area contributed by atoms with Crippen molar-refractivity contribution in [1.29, 1.82) is 0 Å². The van der Waals surface area contributed by atoms with Crippen LogP contribution < -0.4 is 15.1 Å². The average Bonchev–Trinajstić information content (AvgIpc) is 2.47. The molecular weight excluding hydrogens is 266 g/mol. The number of anilines is 3. The molecule has 0 bridgehead atoms. The molecule has 0 aliphatic heterocycles. The molecule has 0 aliphatic rings. The van der Waals surface area contributed by atoms with Crippen molar-refractivity contribution in [3.63, 3.8) is 0 Å². The first-order valence-electron chi connectivity index (χ1n) is 6.55. The molecule has 0 atom stereocenters. The second-order valence-electron chi connectivity index (χ2n) is 5.01. The smallest absolute Gasteiger partial charge is 0.259 e. The van der Waals surface area contributed by atoms with E-state index in [2.05, 4.69) is 15.3 Å². The van der Waals surface area contributed by atoms with Gasteiger partial charge in [0.05, 0.1) is 23.1 Å². The van der Waals surface area contributed by atoms with Crippen LogP contribution in [0.1, 0.15) is 10.4 Å². The maximum Gasteiger partial charge on any atom is 0.259 e. The van der Waals surface area contributed by atoms with Crippen molar-refractivity contribution < 1.29 is 4.79 Å². The highest BCUT2D eigenvalue weighted by Crippen LogP contribution is 2.24. The van der Waals surface area contributed by atoms with Crippen LogP contribution in [0, 0.1) is 0 Å². The summed E-state index contributed by atoms with van der Waals surface area (Å²) in [6, 6.07) is 5.35. The molecule has 0 saturated heterocycles. The highest BCUT2D eigenvalue weighted by atomic mass is 16.1. The van der Waals surface area contributed by atoms with Gasteiger partial charge in [0.25, 0.3) is 5.91 Å². The third kappa shape index (κ3) is 3.28. The van der Waals surface area contributed by atoms with Gasteiger partial charge < -0.3 is 15.1 Å². The van der Waals surface area contributed by atoms with Crippen LogP contribution in [0.3, 0.4) is 0 Å². The van der Waals surface area contributed by atoms with E-state index < -0.39 is 0 Å². The third-order valence-electron chi connectivity index (χ3n) is 2.98. The molecule has 0 saturated carbocycles. The minimum atomic E-state index is -0.206. The Labute approximate surface area is 124 Å². The summed E-state index contributed by atoms with van der Waals surface area (Å²) in [5.41, 5.74) is 2.09. The van der Waals surface area contributed by atoms with Crippen molar-refractivity contribution in [2.45, 2.75) is 0 Å². The lowest BCUT2D eigenvalue weighted by atomic mass is 10.2. The van der Waals surface area contributed by atoms with Crippen LogP contribution in [0.4, 0.5) is 17.2 Å². The van der Waals surface area contributed by atoms with Crippen LogP contribution in [0.2, 0.25) is 0 Å². The lowest BCUT2D eigenvalue weighted by Gasteiger charge is -2.19. The monoisotopic (exact) mass is 285 g/mol. The molecule has 2 heterocycles. The first kappa shape index (κ1) is 14.8. The Morgan fingerprint density at radius 3 is 2.52 bits per heavy atom. The maximum absolute atomic E-state index is 12.5. The van der Waals surface area contributed by atoms with Gasteiger partial charge in [0.2, 0.25) is 0 Å². The van der Waals surface area contributed by atoms with Crippen molar-refractivity contribution in [2.24, 2.45) is 0 Å². The van der Waals surface area contributed by atoms with Gasteiger partial charge in [-0.2, -0.15) is 0 Å². The lowest BCUT2D eigenvalue weighted by molar-refractivity contribution is 0.102. The number of aromatic nitrogens is 2.